The van der Waals surface area contributed by atoms with Crippen LogP contribution in [0.2, 0.25) is 0 Å². The van der Waals surface area contributed by atoms with Gasteiger partial charge < -0.3 is 9.88 Å². The van der Waals surface area contributed by atoms with E-state index in [0.717, 1.165) is 25.4 Å². The molecule has 0 saturated heterocycles. The third-order valence-electron chi connectivity index (χ3n) is 3.35. The molecular weight excluding hydrogens is 210 g/mol. The van der Waals surface area contributed by atoms with Gasteiger partial charge in [0.2, 0.25) is 0 Å². The summed E-state index contributed by atoms with van der Waals surface area (Å²) in [7, 11) is 0. The van der Waals surface area contributed by atoms with Gasteiger partial charge >= 0.3 is 0 Å². The second-order valence-corrected chi connectivity index (χ2v) is 4.82. The molecular formula is C14H21N3. The molecule has 2 rings (SSSR count). The Balaban J connectivity index is 1.93. The summed E-state index contributed by atoms with van der Waals surface area (Å²) in [5.41, 5.74) is 1.41. The highest BCUT2D eigenvalue weighted by Gasteiger charge is 2.31. The van der Waals surface area contributed by atoms with E-state index in [2.05, 4.69) is 41.3 Å². The van der Waals surface area contributed by atoms with E-state index in [-0.39, 0.29) is 0 Å². The number of hydrogen-bond donors (Lipinski definition) is 1. The summed E-state index contributed by atoms with van der Waals surface area (Å²) in [4.78, 5) is 0. The minimum Gasteiger partial charge on any atom is -0.354 e. The highest BCUT2D eigenvalue weighted by molar-refractivity contribution is 5.18. The van der Waals surface area contributed by atoms with Gasteiger partial charge in [0.15, 0.2) is 0 Å². The van der Waals surface area contributed by atoms with Crippen molar-refractivity contribution in [3.05, 3.63) is 24.0 Å². The standard InChI is InChI=1S/C14H21N3/c1-2-16-14(12-5-6-12)13-7-10-17(11-13)9-4-3-8-15/h7,10-12,14,16H,2-6,9H2,1H3. The van der Waals surface area contributed by atoms with Gasteiger partial charge in [-0.05, 0) is 43.4 Å². The number of rotatable bonds is 7. The molecule has 92 valence electrons. The normalized spacial score (nSPS) is 16.7. The molecule has 1 heterocycles. The van der Waals surface area contributed by atoms with Crippen molar-refractivity contribution in [1.82, 2.24) is 9.88 Å². The van der Waals surface area contributed by atoms with E-state index in [1.807, 2.05) is 0 Å². The summed E-state index contributed by atoms with van der Waals surface area (Å²) in [5, 5.41) is 12.1. The third-order valence-corrected chi connectivity index (χ3v) is 3.35. The predicted molar refractivity (Wildman–Crippen MR) is 68.4 cm³/mol. The van der Waals surface area contributed by atoms with Gasteiger partial charge in [0, 0.05) is 31.4 Å². The number of nitrogens with one attached hydrogen (secondary N) is 1. The van der Waals surface area contributed by atoms with Gasteiger partial charge in [-0.15, -0.1) is 0 Å². The largest absolute Gasteiger partial charge is 0.354 e. The van der Waals surface area contributed by atoms with E-state index in [4.69, 9.17) is 5.26 Å². The fourth-order valence-corrected chi connectivity index (χ4v) is 2.33. The van der Waals surface area contributed by atoms with Gasteiger partial charge in [0.25, 0.3) is 0 Å². The van der Waals surface area contributed by atoms with E-state index in [0.29, 0.717) is 12.5 Å². The van der Waals surface area contributed by atoms with Crippen molar-refractivity contribution < 1.29 is 0 Å². The van der Waals surface area contributed by atoms with Crippen LogP contribution in [0.15, 0.2) is 18.5 Å². The summed E-state index contributed by atoms with van der Waals surface area (Å²) >= 11 is 0. The summed E-state index contributed by atoms with van der Waals surface area (Å²) in [6.45, 7) is 4.15. The topological polar surface area (TPSA) is 40.8 Å². The Morgan fingerprint density at radius 3 is 3.06 bits per heavy atom. The molecule has 0 aliphatic heterocycles. The highest BCUT2D eigenvalue weighted by Crippen LogP contribution is 2.40. The predicted octanol–water partition coefficient (Wildman–Crippen LogP) is 2.85. The van der Waals surface area contributed by atoms with Gasteiger partial charge in [-0.1, -0.05) is 6.92 Å². The Hall–Kier alpha value is -1.27. The first-order valence-electron chi connectivity index (χ1n) is 6.61. The van der Waals surface area contributed by atoms with Crippen LogP contribution in [0.3, 0.4) is 0 Å². The van der Waals surface area contributed by atoms with Gasteiger partial charge in [-0.3, -0.25) is 0 Å². The van der Waals surface area contributed by atoms with E-state index in [9.17, 15) is 0 Å². The lowest BCUT2D eigenvalue weighted by Crippen LogP contribution is -2.22. The molecule has 0 amide bonds. The second-order valence-electron chi connectivity index (χ2n) is 4.82. The van der Waals surface area contributed by atoms with Gasteiger partial charge in [0.1, 0.15) is 0 Å². The van der Waals surface area contributed by atoms with Crippen molar-refractivity contribution in [2.45, 2.75) is 45.2 Å². The van der Waals surface area contributed by atoms with Crippen LogP contribution >= 0.6 is 0 Å². The molecule has 1 aliphatic rings. The van der Waals surface area contributed by atoms with Crippen LogP contribution in [0.25, 0.3) is 0 Å². The molecule has 3 nitrogen and oxygen atoms in total. The molecule has 1 saturated carbocycles. The van der Waals surface area contributed by atoms with Crippen molar-refractivity contribution in [2.24, 2.45) is 5.92 Å². The Labute approximate surface area is 103 Å². The SMILES string of the molecule is CCNC(c1ccn(CCCC#N)c1)C1CC1. The van der Waals surface area contributed by atoms with Crippen LogP contribution in [0.1, 0.15) is 44.2 Å². The Kier molecular flexibility index (Phi) is 4.22. The van der Waals surface area contributed by atoms with Crippen molar-refractivity contribution >= 4 is 0 Å². The molecule has 1 aromatic rings. The lowest BCUT2D eigenvalue weighted by Gasteiger charge is -2.15. The van der Waals surface area contributed by atoms with E-state index in [1.54, 1.807) is 0 Å². The minimum atomic E-state index is 0.539. The molecule has 0 aromatic carbocycles. The molecule has 0 spiro atoms. The molecule has 1 fully saturated rings. The van der Waals surface area contributed by atoms with Crippen molar-refractivity contribution in [3.63, 3.8) is 0 Å². The number of aryl methyl sites for hydroxylation is 1. The van der Waals surface area contributed by atoms with Gasteiger partial charge in [0.05, 0.1) is 6.07 Å². The maximum atomic E-state index is 8.52. The van der Waals surface area contributed by atoms with Crippen LogP contribution in [-0.2, 0) is 6.54 Å². The van der Waals surface area contributed by atoms with E-state index in [1.165, 1.54) is 18.4 Å². The quantitative estimate of drug-likeness (QED) is 0.733. The average molecular weight is 231 g/mol. The molecule has 1 unspecified atom stereocenters. The molecule has 3 heteroatoms. The van der Waals surface area contributed by atoms with Crippen molar-refractivity contribution in [2.75, 3.05) is 6.54 Å². The van der Waals surface area contributed by atoms with Gasteiger partial charge in [-0.2, -0.15) is 5.26 Å². The lowest BCUT2D eigenvalue weighted by atomic mass is 10.1. The maximum absolute atomic E-state index is 8.52. The summed E-state index contributed by atoms with van der Waals surface area (Å²) < 4.78 is 2.21. The fourth-order valence-electron chi connectivity index (χ4n) is 2.33. The Bertz CT molecular complexity index is 384. The highest BCUT2D eigenvalue weighted by atomic mass is 15.0. The third kappa shape index (κ3) is 3.34. The Morgan fingerprint density at radius 2 is 2.41 bits per heavy atom. The lowest BCUT2D eigenvalue weighted by molar-refractivity contribution is 0.495. The van der Waals surface area contributed by atoms with Crippen LogP contribution in [0, 0.1) is 17.2 Å². The Morgan fingerprint density at radius 1 is 1.59 bits per heavy atom. The number of aromatic nitrogens is 1. The molecule has 1 aromatic heterocycles. The maximum Gasteiger partial charge on any atom is 0.0622 e. The van der Waals surface area contributed by atoms with Crippen LogP contribution in [0.5, 0.6) is 0 Å². The number of unbranched alkanes of at least 4 members (excludes halogenated alkanes) is 1. The molecule has 1 atom stereocenters. The zero-order valence-corrected chi connectivity index (χ0v) is 10.5. The smallest absolute Gasteiger partial charge is 0.0622 e. The number of hydrogen-bond acceptors (Lipinski definition) is 2. The summed E-state index contributed by atoms with van der Waals surface area (Å²) in [6.07, 6.45) is 8.68. The summed E-state index contributed by atoms with van der Waals surface area (Å²) in [5.74, 6) is 0.838. The summed E-state index contributed by atoms with van der Waals surface area (Å²) in [6, 6.07) is 4.95. The zero-order chi connectivity index (χ0) is 12.1. The van der Waals surface area contributed by atoms with Crippen molar-refractivity contribution in [1.29, 1.82) is 5.26 Å². The first-order chi connectivity index (χ1) is 8.35. The molecule has 0 bridgehead atoms. The van der Waals surface area contributed by atoms with E-state index >= 15 is 0 Å². The molecule has 0 radical (unpaired) electrons. The second kappa shape index (κ2) is 5.88. The van der Waals surface area contributed by atoms with E-state index < -0.39 is 0 Å². The number of nitriles is 1. The fraction of sp³-hybridized carbons (Fsp3) is 0.643. The average Bonchev–Trinajstić information content (AvgIpc) is 3.06. The first kappa shape index (κ1) is 12.2. The van der Waals surface area contributed by atoms with Crippen molar-refractivity contribution in [3.8, 4) is 6.07 Å². The van der Waals surface area contributed by atoms with Crippen LogP contribution in [0.4, 0.5) is 0 Å². The minimum absolute atomic E-state index is 0.539. The number of nitrogens with zero attached hydrogens (tertiary/aromatic N) is 2. The molecule has 17 heavy (non-hydrogen) atoms. The van der Waals surface area contributed by atoms with Crippen LogP contribution < -0.4 is 5.32 Å². The molecule has 1 aliphatic carbocycles. The molecule has 1 N–H and O–H groups in total. The van der Waals surface area contributed by atoms with Crippen LogP contribution in [-0.4, -0.2) is 11.1 Å². The monoisotopic (exact) mass is 231 g/mol. The zero-order valence-electron chi connectivity index (χ0n) is 10.5. The first-order valence-corrected chi connectivity index (χ1v) is 6.61. The van der Waals surface area contributed by atoms with Gasteiger partial charge in [-0.25, -0.2) is 0 Å².